The second-order valence-corrected chi connectivity index (χ2v) is 11.9. The largest absolute Gasteiger partial charge is 0.511 e. The molecule has 3 aromatic carbocycles. The van der Waals surface area contributed by atoms with Gasteiger partial charge in [-0.1, -0.05) is 54.6 Å². The first-order chi connectivity index (χ1) is 29.6. The molecule has 0 atom stereocenters. The maximum atomic E-state index is 13.3. The molecule has 0 amide bonds. The molecular formula is C36H42N8O17. The number of carbonyl (C=O) groups is 3. The molecule has 4 N–H and O–H groups in total. The SMILES string of the molecule is CCOc1nc2cccc(C(=O)OCOC(=O)OCCOCCON(O)O)c2n1Cc1ccc(-c2ccccc2-c2nnn(COC(=O)OCCOCCON(O)O)n2)cc1. The van der Waals surface area contributed by atoms with Crippen LogP contribution in [0, 0.1) is 0 Å². The lowest BCUT2D eigenvalue weighted by atomic mass is 9.98. The minimum absolute atomic E-state index is 0.00754. The molecule has 25 heteroatoms. The van der Waals surface area contributed by atoms with E-state index in [0.29, 0.717) is 23.2 Å². The zero-order chi connectivity index (χ0) is 43.4. The number of rotatable bonds is 25. The zero-order valence-corrected chi connectivity index (χ0v) is 32.5. The molecule has 2 heterocycles. The Morgan fingerprint density at radius 3 is 1.98 bits per heavy atom. The number of carbonyl (C=O) groups excluding carboxylic acids is 3. The lowest BCUT2D eigenvalue weighted by Crippen LogP contribution is -2.19. The number of hydrogen-bond acceptors (Lipinski definition) is 23. The Labute approximate surface area is 345 Å². The van der Waals surface area contributed by atoms with E-state index in [2.05, 4.69) is 30.1 Å². The number of hydrogen-bond donors (Lipinski definition) is 4. The molecular weight excluding hydrogens is 816 g/mol. The van der Waals surface area contributed by atoms with Gasteiger partial charge < -0.3 is 37.9 Å². The van der Waals surface area contributed by atoms with Gasteiger partial charge in [0.15, 0.2) is 0 Å². The van der Waals surface area contributed by atoms with E-state index in [9.17, 15) is 14.4 Å². The number of fused-ring (bicyclic) bond motifs is 1. The number of para-hydroxylation sites is 1. The van der Waals surface area contributed by atoms with Gasteiger partial charge >= 0.3 is 18.3 Å². The van der Waals surface area contributed by atoms with Crippen molar-refractivity contribution in [1.82, 2.24) is 40.5 Å². The molecule has 0 aliphatic heterocycles. The smallest absolute Gasteiger partial charge is 0.465 e. The molecule has 0 unspecified atom stereocenters. The quantitative estimate of drug-likeness (QED) is 0.0215. The summed E-state index contributed by atoms with van der Waals surface area (Å²) < 4.78 is 42.7. The zero-order valence-electron chi connectivity index (χ0n) is 32.5. The maximum Gasteiger partial charge on any atom is 0.511 e. The lowest BCUT2D eigenvalue weighted by Gasteiger charge is -2.13. The summed E-state index contributed by atoms with van der Waals surface area (Å²) in [6, 6.07) is 20.2. The Morgan fingerprint density at radius 2 is 1.33 bits per heavy atom. The maximum absolute atomic E-state index is 13.3. The van der Waals surface area contributed by atoms with Crippen molar-refractivity contribution in [1.29, 1.82) is 0 Å². The third kappa shape index (κ3) is 14.4. The summed E-state index contributed by atoms with van der Waals surface area (Å²) in [6.07, 6.45) is -2.09. The van der Waals surface area contributed by atoms with Crippen molar-refractivity contribution in [3.8, 4) is 28.5 Å². The van der Waals surface area contributed by atoms with Gasteiger partial charge in [0.2, 0.25) is 19.3 Å². The summed E-state index contributed by atoms with van der Waals surface area (Å²) in [4.78, 5) is 51.5. The first-order valence-corrected chi connectivity index (χ1v) is 18.2. The molecule has 0 saturated heterocycles. The van der Waals surface area contributed by atoms with Crippen LogP contribution in [0.25, 0.3) is 33.5 Å². The standard InChI is InChI=1S/C36H42N8O17/c1-2-54-34-37-30-9-5-8-29(33(45)58-24-59-36(47)56-19-15-53-17-21-61-44(50)51)31(30)41(34)22-25-10-12-26(13-11-25)27-6-3-4-7-28(27)32-38-40-42(39-32)23-57-35(46)55-18-14-52-16-20-60-43(48)49/h3-13,48-51H,2,14-24H2,1H3. The van der Waals surface area contributed by atoms with Gasteiger partial charge in [0.1, 0.15) is 13.2 Å². The van der Waals surface area contributed by atoms with Gasteiger partial charge in [0.25, 0.3) is 6.01 Å². The van der Waals surface area contributed by atoms with Gasteiger partial charge in [-0.3, -0.25) is 25.4 Å². The molecule has 328 valence electrons. The Hall–Kier alpha value is -6.39. The second kappa shape index (κ2) is 24.0. The molecule has 2 aromatic heterocycles. The summed E-state index contributed by atoms with van der Waals surface area (Å²) >= 11 is 0. The average Bonchev–Trinajstić information content (AvgIpc) is 3.87. The van der Waals surface area contributed by atoms with Gasteiger partial charge in [-0.25, -0.2) is 24.1 Å². The van der Waals surface area contributed by atoms with Crippen LogP contribution in [-0.4, -0.2) is 146 Å². The summed E-state index contributed by atoms with van der Waals surface area (Å²) in [7, 11) is 0. The van der Waals surface area contributed by atoms with Crippen LogP contribution in [-0.2, 0) is 56.1 Å². The second-order valence-electron chi connectivity index (χ2n) is 11.9. The Morgan fingerprint density at radius 1 is 0.689 bits per heavy atom. The van der Waals surface area contributed by atoms with Crippen LogP contribution in [0.4, 0.5) is 9.59 Å². The van der Waals surface area contributed by atoms with E-state index >= 15 is 0 Å². The lowest BCUT2D eigenvalue weighted by molar-refractivity contribution is -0.493. The number of benzene rings is 3. The number of tetrazole rings is 1. The van der Waals surface area contributed by atoms with Crippen molar-refractivity contribution in [3.05, 3.63) is 77.9 Å². The van der Waals surface area contributed by atoms with Crippen LogP contribution in [0.3, 0.4) is 0 Å². The van der Waals surface area contributed by atoms with Crippen LogP contribution in [0.2, 0.25) is 0 Å². The number of nitrogens with zero attached hydrogens (tertiary/aromatic N) is 8. The van der Waals surface area contributed by atoms with E-state index in [1.54, 1.807) is 22.8 Å². The molecule has 5 aromatic rings. The molecule has 61 heavy (non-hydrogen) atoms. The fraction of sp³-hybridized carbons (Fsp3) is 0.361. The van der Waals surface area contributed by atoms with Crippen molar-refractivity contribution in [3.63, 3.8) is 0 Å². The first-order valence-electron chi connectivity index (χ1n) is 18.2. The molecule has 0 spiro atoms. The Bertz CT molecular complexity index is 2150. The topological polar surface area (TPSA) is 292 Å². The third-order valence-electron chi connectivity index (χ3n) is 7.88. The molecule has 0 bridgehead atoms. The van der Waals surface area contributed by atoms with Crippen molar-refractivity contribution in [2.24, 2.45) is 0 Å². The molecule has 5 rings (SSSR count). The number of imidazole rings is 1. The fourth-order valence-electron chi connectivity index (χ4n) is 5.35. The van der Waals surface area contributed by atoms with E-state index in [1.165, 1.54) is 0 Å². The van der Waals surface area contributed by atoms with E-state index in [-0.39, 0.29) is 83.5 Å². The highest BCUT2D eigenvalue weighted by Crippen LogP contribution is 2.31. The van der Waals surface area contributed by atoms with Crippen LogP contribution in [0.15, 0.2) is 66.7 Å². The van der Waals surface area contributed by atoms with Gasteiger partial charge in [0.05, 0.1) is 80.2 Å². The molecule has 0 radical (unpaired) electrons. The van der Waals surface area contributed by atoms with Crippen molar-refractivity contribution in [2.75, 3.05) is 66.3 Å². The van der Waals surface area contributed by atoms with Crippen molar-refractivity contribution >= 4 is 29.3 Å². The predicted octanol–water partition coefficient (Wildman–Crippen LogP) is 3.24. The first kappa shape index (κ1) is 45.7. The molecule has 0 fully saturated rings. The summed E-state index contributed by atoms with van der Waals surface area (Å²) in [5.74, 6) is -0.514. The van der Waals surface area contributed by atoms with E-state index in [0.717, 1.165) is 21.5 Å². The van der Waals surface area contributed by atoms with Gasteiger partial charge in [-0.05, 0) is 41.0 Å². The van der Waals surface area contributed by atoms with Crippen molar-refractivity contribution < 1.29 is 82.8 Å². The minimum atomic E-state index is -1.10. The summed E-state index contributed by atoms with van der Waals surface area (Å²) in [5, 5.41) is 45.4. The van der Waals surface area contributed by atoms with E-state index < -0.39 is 35.9 Å². The highest BCUT2D eigenvalue weighted by Gasteiger charge is 2.21. The highest BCUT2D eigenvalue weighted by molar-refractivity contribution is 6.02. The minimum Gasteiger partial charge on any atom is -0.465 e. The molecule has 0 aliphatic carbocycles. The van der Waals surface area contributed by atoms with E-state index in [1.807, 2.05) is 55.5 Å². The molecule has 0 saturated carbocycles. The average molecular weight is 859 g/mol. The Balaban J connectivity index is 1.18. The van der Waals surface area contributed by atoms with E-state index in [4.69, 9.17) is 58.7 Å². The molecule has 25 nitrogen and oxygen atoms in total. The number of esters is 1. The third-order valence-corrected chi connectivity index (χ3v) is 7.88. The highest BCUT2D eigenvalue weighted by atomic mass is 17.1. The Kier molecular flexibility index (Phi) is 18.0. The fourth-order valence-corrected chi connectivity index (χ4v) is 5.35. The summed E-state index contributed by atoms with van der Waals surface area (Å²) in [6.45, 7) is 0.677. The number of ether oxygens (including phenoxy) is 8. The van der Waals surface area contributed by atoms with Crippen LogP contribution < -0.4 is 4.74 Å². The van der Waals surface area contributed by atoms with Crippen LogP contribution in [0.5, 0.6) is 6.01 Å². The molecule has 0 aliphatic rings. The van der Waals surface area contributed by atoms with Gasteiger partial charge in [-0.15, -0.1) is 15.0 Å². The predicted molar refractivity (Wildman–Crippen MR) is 198 cm³/mol. The van der Waals surface area contributed by atoms with Gasteiger partial charge in [0, 0.05) is 5.56 Å². The van der Waals surface area contributed by atoms with Crippen LogP contribution >= 0.6 is 0 Å². The summed E-state index contributed by atoms with van der Waals surface area (Å²) in [5.41, 5.74) is 4.17. The normalized spacial score (nSPS) is 11.3. The van der Waals surface area contributed by atoms with Crippen molar-refractivity contribution in [2.45, 2.75) is 20.2 Å². The van der Waals surface area contributed by atoms with Gasteiger partial charge in [-0.2, -0.15) is 4.98 Å². The monoisotopic (exact) mass is 858 g/mol. The van der Waals surface area contributed by atoms with Crippen LogP contribution in [0.1, 0.15) is 22.8 Å². The number of aromatic nitrogens is 6.